The van der Waals surface area contributed by atoms with E-state index in [1.165, 1.54) is 81.9 Å². The molecule has 10 aromatic carbocycles. The van der Waals surface area contributed by atoms with Crippen LogP contribution in [0.3, 0.4) is 0 Å². The molecular weight excluding hydrogens is 617 g/mol. The second-order valence-electron chi connectivity index (χ2n) is 13.6. The minimum Gasteiger partial charge on any atom is -0.455 e. The van der Waals surface area contributed by atoms with Gasteiger partial charge in [-0.3, -0.25) is 0 Å². The summed E-state index contributed by atoms with van der Waals surface area (Å²) in [5, 5.41) is 14.7. The molecule has 0 N–H and O–H groups in total. The van der Waals surface area contributed by atoms with Gasteiger partial charge in [0, 0.05) is 16.2 Å². The van der Waals surface area contributed by atoms with E-state index >= 15 is 0 Å². The molecule has 236 valence electrons. The number of hydrogen-bond donors (Lipinski definition) is 0. The van der Waals surface area contributed by atoms with Crippen LogP contribution in [0.15, 0.2) is 186 Å². The Balaban J connectivity index is 1.04. The molecule has 1 nitrogen and oxygen atoms in total. The summed E-state index contributed by atoms with van der Waals surface area (Å²) in [6, 6.07) is 66.3. The van der Waals surface area contributed by atoms with Crippen molar-refractivity contribution in [3.05, 3.63) is 182 Å². The molecule has 0 aliphatic rings. The monoisotopic (exact) mass is 646 g/mol. The van der Waals surface area contributed by atoms with Gasteiger partial charge in [0.1, 0.15) is 11.2 Å². The Morgan fingerprint density at radius 3 is 1.55 bits per heavy atom. The van der Waals surface area contributed by atoms with Crippen molar-refractivity contribution in [2.45, 2.75) is 0 Å². The highest BCUT2D eigenvalue weighted by molar-refractivity contribution is 6.23. The molecule has 0 fully saturated rings. The second-order valence-corrected chi connectivity index (χ2v) is 13.6. The van der Waals surface area contributed by atoms with Crippen LogP contribution in [0.25, 0.3) is 109 Å². The van der Waals surface area contributed by atoms with Gasteiger partial charge in [-0.25, -0.2) is 0 Å². The average molecular weight is 647 g/mol. The van der Waals surface area contributed by atoms with Crippen molar-refractivity contribution >= 4 is 75.8 Å². The summed E-state index contributed by atoms with van der Waals surface area (Å²) in [7, 11) is 0. The van der Waals surface area contributed by atoms with Gasteiger partial charge in [0.05, 0.1) is 0 Å². The first kappa shape index (κ1) is 28.2. The zero-order valence-corrected chi connectivity index (χ0v) is 27.7. The number of fused-ring (bicyclic) bond motifs is 9. The molecule has 0 unspecified atom stereocenters. The van der Waals surface area contributed by atoms with Crippen molar-refractivity contribution in [2.24, 2.45) is 0 Å². The number of rotatable bonds is 3. The largest absolute Gasteiger partial charge is 0.455 e. The standard InChI is InChI=1S/C50H30O/c1-2-12-35-30-47-46(29-34(35)11-1)45-27-25-37-28-36(24-26-39(37)50(45)51-47)31-20-22-33(23-21-31)48-41-15-5-7-17-43(41)49(44-18-8-6-16-42(44)48)40-19-9-13-32-10-3-4-14-38(32)40/h1-30H. The van der Waals surface area contributed by atoms with Crippen LogP contribution in [0.5, 0.6) is 0 Å². The van der Waals surface area contributed by atoms with Crippen LogP contribution >= 0.6 is 0 Å². The van der Waals surface area contributed by atoms with Gasteiger partial charge in [-0.1, -0.05) is 152 Å². The summed E-state index contributed by atoms with van der Waals surface area (Å²) < 4.78 is 6.51. The highest BCUT2D eigenvalue weighted by Gasteiger charge is 2.18. The minimum absolute atomic E-state index is 0.932. The molecule has 1 aromatic heterocycles. The maximum absolute atomic E-state index is 6.51. The molecule has 1 heterocycles. The highest BCUT2D eigenvalue weighted by atomic mass is 16.3. The summed E-state index contributed by atoms with van der Waals surface area (Å²) in [4.78, 5) is 0. The van der Waals surface area contributed by atoms with Crippen LogP contribution in [-0.4, -0.2) is 0 Å². The quantitative estimate of drug-likeness (QED) is 0.174. The van der Waals surface area contributed by atoms with E-state index in [2.05, 4.69) is 182 Å². The zero-order chi connectivity index (χ0) is 33.5. The van der Waals surface area contributed by atoms with E-state index in [0.717, 1.165) is 27.3 Å². The molecule has 51 heavy (non-hydrogen) atoms. The molecule has 0 atom stereocenters. The first-order valence-corrected chi connectivity index (χ1v) is 17.6. The highest BCUT2D eigenvalue weighted by Crippen LogP contribution is 2.45. The third-order valence-corrected chi connectivity index (χ3v) is 10.8. The van der Waals surface area contributed by atoms with E-state index in [0.29, 0.717) is 0 Å². The molecule has 0 aliphatic heterocycles. The summed E-state index contributed by atoms with van der Waals surface area (Å²) >= 11 is 0. The van der Waals surface area contributed by atoms with Crippen LogP contribution < -0.4 is 0 Å². The fourth-order valence-electron chi connectivity index (χ4n) is 8.43. The smallest absolute Gasteiger partial charge is 0.143 e. The Labute approximate surface area is 294 Å². The third kappa shape index (κ3) is 4.28. The van der Waals surface area contributed by atoms with E-state index in [1.807, 2.05) is 0 Å². The van der Waals surface area contributed by atoms with E-state index in [9.17, 15) is 0 Å². The van der Waals surface area contributed by atoms with Gasteiger partial charge in [0.2, 0.25) is 0 Å². The van der Waals surface area contributed by atoms with Crippen molar-refractivity contribution in [3.63, 3.8) is 0 Å². The normalized spacial score (nSPS) is 11.9. The van der Waals surface area contributed by atoms with Crippen molar-refractivity contribution < 1.29 is 4.42 Å². The summed E-state index contributed by atoms with van der Waals surface area (Å²) in [6.45, 7) is 0. The lowest BCUT2D eigenvalue weighted by Gasteiger charge is -2.19. The van der Waals surface area contributed by atoms with E-state index < -0.39 is 0 Å². The molecule has 0 aliphatic carbocycles. The maximum atomic E-state index is 6.51. The molecule has 11 rings (SSSR count). The Kier molecular flexibility index (Phi) is 6.02. The molecule has 1 heteroatoms. The lowest BCUT2D eigenvalue weighted by Crippen LogP contribution is -1.91. The third-order valence-electron chi connectivity index (χ3n) is 10.8. The van der Waals surface area contributed by atoms with Crippen molar-refractivity contribution in [2.75, 3.05) is 0 Å². The van der Waals surface area contributed by atoms with E-state index in [-0.39, 0.29) is 0 Å². The zero-order valence-electron chi connectivity index (χ0n) is 27.7. The predicted octanol–water partition coefficient (Wildman–Crippen LogP) is 14.4. The van der Waals surface area contributed by atoms with Gasteiger partial charge < -0.3 is 4.42 Å². The van der Waals surface area contributed by atoms with Gasteiger partial charge in [-0.15, -0.1) is 0 Å². The minimum atomic E-state index is 0.932. The number of benzene rings is 10. The molecule has 0 amide bonds. The van der Waals surface area contributed by atoms with Crippen LogP contribution in [0, 0.1) is 0 Å². The van der Waals surface area contributed by atoms with Crippen LogP contribution in [0.2, 0.25) is 0 Å². The van der Waals surface area contributed by atoms with Gasteiger partial charge in [0.25, 0.3) is 0 Å². The number of furan rings is 1. The molecule has 0 saturated carbocycles. The maximum Gasteiger partial charge on any atom is 0.143 e. The topological polar surface area (TPSA) is 13.1 Å². The summed E-state index contributed by atoms with van der Waals surface area (Å²) in [5.74, 6) is 0. The number of hydrogen-bond acceptors (Lipinski definition) is 1. The summed E-state index contributed by atoms with van der Waals surface area (Å²) in [5.41, 5.74) is 9.32. The SMILES string of the molecule is c1ccc2cc3c(cc2c1)oc1c2ccc(-c4ccc(-c5c6ccccc6c(-c6cccc7ccccc67)c6ccccc56)cc4)cc2ccc31. The van der Waals surface area contributed by atoms with Crippen LogP contribution in [-0.2, 0) is 0 Å². The van der Waals surface area contributed by atoms with E-state index in [1.54, 1.807) is 0 Å². The fourth-order valence-corrected chi connectivity index (χ4v) is 8.43. The van der Waals surface area contributed by atoms with Gasteiger partial charge in [0.15, 0.2) is 0 Å². The lowest BCUT2D eigenvalue weighted by molar-refractivity contribution is 0.673. The van der Waals surface area contributed by atoms with Crippen molar-refractivity contribution in [1.29, 1.82) is 0 Å². The predicted molar refractivity (Wildman–Crippen MR) is 218 cm³/mol. The Morgan fingerprint density at radius 2 is 0.824 bits per heavy atom. The molecule has 0 saturated heterocycles. The fraction of sp³-hybridized carbons (Fsp3) is 0. The Bertz CT molecular complexity index is 3120. The summed E-state index contributed by atoms with van der Waals surface area (Å²) in [6.07, 6.45) is 0. The first-order chi connectivity index (χ1) is 25.3. The average Bonchev–Trinajstić information content (AvgIpc) is 3.56. The van der Waals surface area contributed by atoms with Gasteiger partial charge in [-0.2, -0.15) is 0 Å². The van der Waals surface area contributed by atoms with Gasteiger partial charge in [-0.05, 0) is 112 Å². The van der Waals surface area contributed by atoms with E-state index in [4.69, 9.17) is 4.42 Å². The lowest BCUT2D eigenvalue weighted by atomic mass is 9.84. The van der Waals surface area contributed by atoms with Crippen LogP contribution in [0.4, 0.5) is 0 Å². The molecule has 0 spiro atoms. The molecular formula is C50H30O. The molecule has 0 radical (unpaired) electrons. The first-order valence-electron chi connectivity index (χ1n) is 17.6. The van der Waals surface area contributed by atoms with Crippen molar-refractivity contribution in [1.82, 2.24) is 0 Å². The Morgan fingerprint density at radius 1 is 0.275 bits per heavy atom. The van der Waals surface area contributed by atoms with Crippen LogP contribution in [0.1, 0.15) is 0 Å². The van der Waals surface area contributed by atoms with Crippen molar-refractivity contribution in [3.8, 4) is 33.4 Å². The molecule has 0 bridgehead atoms. The second kappa shape index (κ2) is 10.9. The van der Waals surface area contributed by atoms with Gasteiger partial charge >= 0.3 is 0 Å². The molecule has 11 aromatic rings. The Hall–Kier alpha value is -6.70.